The molecule has 2 N–H and O–H groups in total. The van der Waals surface area contributed by atoms with Crippen molar-refractivity contribution < 1.29 is 13.2 Å². The first-order valence-corrected chi connectivity index (χ1v) is 8.28. The second kappa shape index (κ2) is 9.66. The summed E-state index contributed by atoms with van der Waals surface area (Å²) in [5.41, 5.74) is 0. The van der Waals surface area contributed by atoms with Crippen LogP contribution in [0.1, 0.15) is 43.0 Å². The lowest BCUT2D eigenvalue weighted by molar-refractivity contribution is -0.135. The van der Waals surface area contributed by atoms with Gasteiger partial charge >= 0.3 is 6.18 Å². The normalized spacial score (nSPS) is 12.5. The number of aliphatic imine (C=N–C) groups is 1. The van der Waals surface area contributed by atoms with E-state index >= 15 is 0 Å². The van der Waals surface area contributed by atoms with E-state index in [0.717, 1.165) is 11.4 Å². The van der Waals surface area contributed by atoms with Crippen molar-refractivity contribution in [1.82, 2.24) is 15.6 Å². The highest BCUT2D eigenvalue weighted by molar-refractivity contribution is 7.11. The van der Waals surface area contributed by atoms with Crippen LogP contribution in [0, 0.1) is 0 Å². The van der Waals surface area contributed by atoms with Gasteiger partial charge in [-0.15, -0.1) is 11.3 Å². The van der Waals surface area contributed by atoms with Gasteiger partial charge in [-0.05, 0) is 26.2 Å². The lowest BCUT2D eigenvalue weighted by Crippen LogP contribution is -2.37. The molecule has 1 aromatic heterocycles. The minimum atomic E-state index is -4.07. The molecule has 0 bridgehead atoms. The van der Waals surface area contributed by atoms with Gasteiger partial charge in [-0.1, -0.05) is 6.92 Å². The van der Waals surface area contributed by atoms with E-state index in [2.05, 4.69) is 27.5 Å². The summed E-state index contributed by atoms with van der Waals surface area (Å²) in [7, 11) is 0. The summed E-state index contributed by atoms with van der Waals surface area (Å²) >= 11 is 1.63. The van der Waals surface area contributed by atoms with E-state index < -0.39 is 12.6 Å². The third-order valence-corrected chi connectivity index (χ3v) is 3.97. The lowest BCUT2D eigenvalue weighted by atomic mass is 10.2. The van der Waals surface area contributed by atoms with Crippen molar-refractivity contribution in [3.63, 3.8) is 0 Å². The number of thiazole rings is 1. The first-order chi connectivity index (χ1) is 10.4. The minimum Gasteiger partial charge on any atom is -0.357 e. The monoisotopic (exact) mass is 336 g/mol. The van der Waals surface area contributed by atoms with Crippen molar-refractivity contribution in [3.8, 4) is 0 Å². The molecule has 4 nitrogen and oxygen atoms in total. The standard InChI is InChI=1S/C14H23F3N4S/c1-3-11-9-20-12(22-11)10-21-13(18-4-2)19-8-6-5-7-14(15,16)17/h9H,3-8,10H2,1-2H3,(H2,18,19,21). The van der Waals surface area contributed by atoms with Crippen molar-refractivity contribution in [2.45, 2.75) is 52.3 Å². The van der Waals surface area contributed by atoms with Gasteiger partial charge in [0, 0.05) is 30.6 Å². The largest absolute Gasteiger partial charge is 0.389 e. The molecule has 0 saturated heterocycles. The second-order valence-electron chi connectivity index (χ2n) is 4.77. The molecule has 1 heterocycles. The van der Waals surface area contributed by atoms with Crippen LogP contribution < -0.4 is 10.6 Å². The topological polar surface area (TPSA) is 49.3 Å². The summed E-state index contributed by atoms with van der Waals surface area (Å²) < 4.78 is 36.1. The number of rotatable bonds is 8. The molecule has 0 fully saturated rings. The van der Waals surface area contributed by atoms with E-state index in [1.807, 2.05) is 13.1 Å². The molecule has 1 rings (SSSR count). The number of guanidine groups is 1. The molecule has 0 unspecified atom stereocenters. The van der Waals surface area contributed by atoms with Crippen molar-refractivity contribution in [2.75, 3.05) is 13.1 Å². The predicted molar refractivity (Wildman–Crippen MR) is 84.2 cm³/mol. The average molecular weight is 336 g/mol. The quantitative estimate of drug-likeness (QED) is 0.434. The van der Waals surface area contributed by atoms with Gasteiger partial charge in [-0.2, -0.15) is 13.2 Å². The zero-order valence-electron chi connectivity index (χ0n) is 13.0. The zero-order chi connectivity index (χ0) is 16.4. The van der Waals surface area contributed by atoms with Crippen molar-refractivity contribution >= 4 is 17.3 Å². The number of nitrogens with zero attached hydrogens (tertiary/aromatic N) is 2. The van der Waals surface area contributed by atoms with Gasteiger partial charge in [0.15, 0.2) is 5.96 Å². The molecule has 0 amide bonds. The number of halogens is 3. The van der Waals surface area contributed by atoms with E-state index in [9.17, 15) is 13.2 Å². The molecule has 8 heteroatoms. The Morgan fingerprint density at radius 2 is 2.05 bits per heavy atom. The van der Waals surface area contributed by atoms with Crippen LogP contribution in [-0.4, -0.2) is 30.2 Å². The van der Waals surface area contributed by atoms with Gasteiger partial charge in [-0.3, -0.25) is 0 Å². The fraction of sp³-hybridized carbons (Fsp3) is 0.714. The van der Waals surface area contributed by atoms with Gasteiger partial charge in [0.05, 0.1) is 6.54 Å². The number of aryl methyl sites for hydroxylation is 1. The number of nitrogens with one attached hydrogen (secondary N) is 2. The summed E-state index contributed by atoms with van der Waals surface area (Å²) in [5.74, 6) is 0.614. The van der Waals surface area contributed by atoms with Crippen LogP contribution in [0.4, 0.5) is 13.2 Å². The Kier molecular flexibility index (Phi) is 8.22. The average Bonchev–Trinajstić information content (AvgIpc) is 2.91. The van der Waals surface area contributed by atoms with Crippen molar-refractivity contribution in [3.05, 3.63) is 16.1 Å². The maximum Gasteiger partial charge on any atom is 0.389 e. The Balaban J connectivity index is 2.35. The summed E-state index contributed by atoms with van der Waals surface area (Å²) in [6.45, 7) is 5.67. The van der Waals surface area contributed by atoms with Crippen molar-refractivity contribution in [2.24, 2.45) is 4.99 Å². The summed E-state index contributed by atoms with van der Waals surface area (Å²) in [6.07, 6.45) is -1.41. The minimum absolute atomic E-state index is 0.127. The summed E-state index contributed by atoms with van der Waals surface area (Å²) in [5, 5.41) is 7.06. The van der Waals surface area contributed by atoms with E-state index in [0.29, 0.717) is 32.0 Å². The summed E-state index contributed by atoms with van der Waals surface area (Å²) in [6, 6.07) is 0. The smallest absolute Gasteiger partial charge is 0.357 e. The van der Waals surface area contributed by atoms with Gasteiger partial charge in [0.25, 0.3) is 0 Å². The molecule has 126 valence electrons. The highest BCUT2D eigenvalue weighted by Crippen LogP contribution is 2.21. The second-order valence-corrected chi connectivity index (χ2v) is 5.97. The molecule has 0 saturated carbocycles. The summed E-state index contributed by atoms with van der Waals surface area (Å²) in [4.78, 5) is 9.90. The third kappa shape index (κ3) is 8.21. The van der Waals surface area contributed by atoms with Crippen LogP contribution in [0.2, 0.25) is 0 Å². The van der Waals surface area contributed by atoms with Gasteiger partial charge in [0.1, 0.15) is 5.01 Å². The molecule has 22 heavy (non-hydrogen) atoms. The van der Waals surface area contributed by atoms with Crippen LogP contribution in [0.5, 0.6) is 0 Å². The lowest BCUT2D eigenvalue weighted by Gasteiger charge is -2.11. The molecule has 0 spiro atoms. The number of hydrogen-bond donors (Lipinski definition) is 2. The molecule has 0 atom stereocenters. The highest BCUT2D eigenvalue weighted by atomic mass is 32.1. The maximum atomic E-state index is 12.0. The number of hydrogen-bond acceptors (Lipinski definition) is 3. The van der Waals surface area contributed by atoms with Gasteiger partial charge < -0.3 is 10.6 Å². The third-order valence-electron chi connectivity index (χ3n) is 2.85. The van der Waals surface area contributed by atoms with Gasteiger partial charge in [-0.25, -0.2) is 9.98 Å². The Morgan fingerprint density at radius 3 is 2.64 bits per heavy atom. The van der Waals surface area contributed by atoms with Crippen LogP contribution in [0.3, 0.4) is 0 Å². The fourth-order valence-corrected chi connectivity index (χ4v) is 2.52. The van der Waals surface area contributed by atoms with E-state index in [-0.39, 0.29) is 6.42 Å². The maximum absolute atomic E-state index is 12.0. The SMILES string of the molecule is CCNC(=NCc1ncc(CC)s1)NCCCCC(F)(F)F. The van der Waals surface area contributed by atoms with E-state index in [4.69, 9.17) is 0 Å². The molecule has 0 aliphatic heterocycles. The molecule has 0 aromatic carbocycles. The highest BCUT2D eigenvalue weighted by Gasteiger charge is 2.25. The van der Waals surface area contributed by atoms with E-state index in [1.165, 1.54) is 4.88 Å². The number of aromatic nitrogens is 1. The fourth-order valence-electron chi connectivity index (χ4n) is 1.73. The zero-order valence-corrected chi connectivity index (χ0v) is 13.8. The van der Waals surface area contributed by atoms with Crippen molar-refractivity contribution in [1.29, 1.82) is 0 Å². The Bertz CT molecular complexity index is 457. The molecule has 0 radical (unpaired) electrons. The van der Waals surface area contributed by atoms with Gasteiger partial charge in [0.2, 0.25) is 0 Å². The van der Waals surface area contributed by atoms with Crippen LogP contribution in [0.25, 0.3) is 0 Å². The van der Waals surface area contributed by atoms with Crippen LogP contribution in [-0.2, 0) is 13.0 Å². The number of unbranched alkanes of at least 4 members (excludes halogenated alkanes) is 1. The van der Waals surface area contributed by atoms with Crippen LogP contribution in [0.15, 0.2) is 11.2 Å². The molecule has 1 aromatic rings. The number of alkyl halides is 3. The molecular formula is C14H23F3N4S. The Labute approximate surface area is 133 Å². The Hall–Kier alpha value is -1.31. The van der Waals surface area contributed by atoms with Crippen LogP contribution >= 0.6 is 11.3 Å². The van der Waals surface area contributed by atoms with E-state index in [1.54, 1.807) is 11.3 Å². The molecule has 0 aliphatic rings. The molecular weight excluding hydrogens is 313 g/mol. The predicted octanol–water partition coefficient (Wildman–Crippen LogP) is 3.49. The first-order valence-electron chi connectivity index (χ1n) is 7.47. The first kappa shape index (κ1) is 18.7. The molecule has 0 aliphatic carbocycles. The Morgan fingerprint density at radius 1 is 1.27 bits per heavy atom.